The van der Waals surface area contributed by atoms with Gasteiger partial charge >= 0.3 is 0 Å². The highest BCUT2D eigenvalue weighted by atomic mass is 16.6. The van der Waals surface area contributed by atoms with Crippen LogP contribution in [0.5, 0.6) is 0 Å². The highest BCUT2D eigenvalue weighted by molar-refractivity contribution is 5.21. The lowest BCUT2D eigenvalue weighted by Crippen LogP contribution is -2.27. The van der Waals surface area contributed by atoms with Crippen LogP contribution in [0, 0.1) is 23.7 Å². The lowest BCUT2D eigenvalue weighted by molar-refractivity contribution is 0.162. The summed E-state index contributed by atoms with van der Waals surface area (Å²) in [4.78, 5) is 0. The highest BCUT2D eigenvalue weighted by Gasteiger charge is 2.74. The zero-order valence-electron chi connectivity index (χ0n) is 6.85. The van der Waals surface area contributed by atoms with E-state index in [9.17, 15) is 0 Å². The molecule has 0 N–H and O–H groups in total. The Morgan fingerprint density at radius 3 is 2.67 bits per heavy atom. The van der Waals surface area contributed by atoms with Crippen LogP contribution in [0.25, 0.3) is 0 Å². The molecule has 5 aliphatic rings. The quantitative estimate of drug-likeness (QED) is 0.495. The van der Waals surface area contributed by atoms with Crippen molar-refractivity contribution in [2.24, 2.45) is 23.7 Å². The maximum Gasteiger partial charge on any atom is 0.0876 e. The monoisotopic (exact) mass is 164 g/mol. The molecule has 2 heteroatoms. The van der Waals surface area contributed by atoms with Crippen LogP contribution in [-0.4, -0.2) is 24.4 Å². The molecular formula is C10H12O2. The first kappa shape index (κ1) is 5.61. The topological polar surface area (TPSA) is 25.1 Å². The standard InChI is InChI=1S/C10H12O2/c1-4-3-2-6-10(11-6)7(3)5(1)9-8(4)12-9/h3-10H,1-2H2/t3?,4-,5?,6?,7?,8?,9?,10?/m1/s1. The van der Waals surface area contributed by atoms with Crippen molar-refractivity contribution < 1.29 is 9.47 Å². The third-order valence-electron chi connectivity index (χ3n) is 4.99. The van der Waals surface area contributed by atoms with Gasteiger partial charge < -0.3 is 9.47 Å². The number of epoxide rings is 2. The zero-order chi connectivity index (χ0) is 7.45. The van der Waals surface area contributed by atoms with Gasteiger partial charge in [-0.1, -0.05) is 0 Å². The summed E-state index contributed by atoms with van der Waals surface area (Å²) in [5, 5.41) is 0. The van der Waals surface area contributed by atoms with Gasteiger partial charge in [-0.3, -0.25) is 0 Å². The van der Waals surface area contributed by atoms with E-state index in [-0.39, 0.29) is 0 Å². The van der Waals surface area contributed by atoms with Crippen LogP contribution in [0.1, 0.15) is 12.8 Å². The second kappa shape index (κ2) is 1.38. The Balaban J connectivity index is 1.66. The predicted octanol–water partition coefficient (Wildman–Crippen LogP) is 0.807. The summed E-state index contributed by atoms with van der Waals surface area (Å²) in [5.74, 6) is 3.77. The Labute approximate surface area is 71.2 Å². The molecule has 0 spiro atoms. The van der Waals surface area contributed by atoms with Crippen LogP contribution in [0.2, 0.25) is 0 Å². The van der Waals surface area contributed by atoms with E-state index in [4.69, 9.17) is 9.47 Å². The molecule has 5 fully saturated rings. The molecule has 0 aromatic rings. The van der Waals surface area contributed by atoms with E-state index in [1.165, 1.54) is 12.8 Å². The molecule has 2 nitrogen and oxygen atoms in total. The van der Waals surface area contributed by atoms with Gasteiger partial charge in [-0.2, -0.15) is 0 Å². The number of ether oxygens (including phenoxy) is 2. The number of rotatable bonds is 0. The van der Waals surface area contributed by atoms with Crippen molar-refractivity contribution in [1.29, 1.82) is 0 Å². The van der Waals surface area contributed by atoms with Crippen LogP contribution < -0.4 is 0 Å². The summed E-state index contributed by atoms with van der Waals surface area (Å²) in [5.41, 5.74) is 0. The average Bonchev–Trinajstić information content (AvgIpc) is 2.92. The van der Waals surface area contributed by atoms with E-state index in [2.05, 4.69) is 0 Å². The molecule has 12 heavy (non-hydrogen) atoms. The third kappa shape index (κ3) is 0.409. The van der Waals surface area contributed by atoms with Gasteiger partial charge in [0.15, 0.2) is 0 Å². The molecular weight excluding hydrogens is 152 g/mol. The SMILES string of the molecule is C1C2OC2C2C3C[C@H](C12)C1OC31. The van der Waals surface area contributed by atoms with Crippen LogP contribution in [0.3, 0.4) is 0 Å². The minimum Gasteiger partial charge on any atom is -0.369 e. The fraction of sp³-hybridized carbons (Fsp3) is 1.00. The second-order valence-electron chi connectivity index (χ2n) is 5.24. The molecule has 2 aliphatic heterocycles. The van der Waals surface area contributed by atoms with Crippen molar-refractivity contribution in [3.8, 4) is 0 Å². The van der Waals surface area contributed by atoms with Crippen LogP contribution in [0.15, 0.2) is 0 Å². The van der Waals surface area contributed by atoms with Gasteiger partial charge in [-0.15, -0.1) is 0 Å². The Hall–Kier alpha value is -0.0800. The molecule has 2 heterocycles. The molecule has 8 atom stereocenters. The van der Waals surface area contributed by atoms with Crippen LogP contribution in [-0.2, 0) is 9.47 Å². The summed E-state index contributed by atoms with van der Waals surface area (Å²) in [6, 6.07) is 0. The summed E-state index contributed by atoms with van der Waals surface area (Å²) in [6.07, 6.45) is 5.58. The van der Waals surface area contributed by atoms with E-state index in [0.29, 0.717) is 24.4 Å². The van der Waals surface area contributed by atoms with Crippen molar-refractivity contribution in [3.05, 3.63) is 0 Å². The van der Waals surface area contributed by atoms with E-state index in [1.807, 2.05) is 0 Å². The zero-order valence-corrected chi connectivity index (χ0v) is 6.85. The van der Waals surface area contributed by atoms with Gasteiger partial charge in [0.05, 0.1) is 24.4 Å². The van der Waals surface area contributed by atoms with Crippen molar-refractivity contribution in [3.63, 3.8) is 0 Å². The molecule has 0 amide bonds. The van der Waals surface area contributed by atoms with E-state index in [1.54, 1.807) is 0 Å². The number of hydrogen-bond donors (Lipinski definition) is 0. The Kier molecular flexibility index (Phi) is 0.644. The molecule has 3 saturated carbocycles. The first-order valence-electron chi connectivity index (χ1n) is 5.24. The molecule has 64 valence electrons. The first-order chi connectivity index (χ1) is 5.93. The van der Waals surface area contributed by atoms with Gasteiger partial charge in [0.1, 0.15) is 0 Å². The fourth-order valence-electron chi connectivity index (χ4n) is 4.58. The minimum atomic E-state index is 0.676. The first-order valence-corrected chi connectivity index (χ1v) is 5.24. The normalized spacial score (nSPS) is 80.0. The van der Waals surface area contributed by atoms with Crippen LogP contribution in [0.4, 0.5) is 0 Å². The van der Waals surface area contributed by atoms with Gasteiger partial charge in [-0.05, 0) is 36.5 Å². The average molecular weight is 164 g/mol. The summed E-state index contributed by atoms with van der Waals surface area (Å²) in [7, 11) is 0. The fourth-order valence-corrected chi connectivity index (χ4v) is 4.58. The van der Waals surface area contributed by atoms with Gasteiger partial charge in [0.2, 0.25) is 0 Å². The minimum absolute atomic E-state index is 0.676. The molecule has 7 unspecified atom stereocenters. The molecule has 0 aromatic heterocycles. The Morgan fingerprint density at radius 2 is 1.67 bits per heavy atom. The number of fused-ring (bicyclic) bond motifs is 10. The smallest absolute Gasteiger partial charge is 0.0876 e. The Morgan fingerprint density at radius 1 is 0.750 bits per heavy atom. The van der Waals surface area contributed by atoms with Crippen molar-refractivity contribution in [2.45, 2.75) is 37.3 Å². The lowest BCUT2D eigenvalue weighted by Gasteiger charge is -2.22. The summed E-state index contributed by atoms with van der Waals surface area (Å²) in [6.45, 7) is 0. The summed E-state index contributed by atoms with van der Waals surface area (Å²) >= 11 is 0. The Bertz CT molecular complexity index is 273. The molecule has 2 bridgehead atoms. The molecule has 2 saturated heterocycles. The lowest BCUT2D eigenvalue weighted by atomic mass is 9.81. The number of hydrogen-bond acceptors (Lipinski definition) is 2. The highest BCUT2D eigenvalue weighted by Crippen LogP contribution is 2.69. The van der Waals surface area contributed by atoms with E-state index >= 15 is 0 Å². The summed E-state index contributed by atoms with van der Waals surface area (Å²) < 4.78 is 11.3. The van der Waals surface area contributed by atoms with Gasteiger partial charge in [0, 0.05) is 0 Å². The van der Waals surface area contributed by atoms with Crippen LogP contribution >= 0.6 is 0 Å². The molecule has 0 radical (unpaired) electrons. The van der Waals surface area contributed by atoms with E-state index < -0.39 is 0 Å². The molecule has 0 aromatic carbocycles. The largest absolute Gasteiger partial charge is 0.369 e. The maximum atomic E-state index is 5.69. The van der Waals surface area contributed by atoms with Crippen molar-refractivity contribution in [2.75, 3.05) is 0 Å². The molecule has 3 aliphatic carbocycles. The van der Waals surface area contributed by atoms with Gasteiger partial charge in [0.25, 0.3) is 0 Å². The van der Waals surface area contributed by atoms with E-state index in [0.717, 1.165) is 23.7 Å². The van der Waals surface area contributed by atoms with Gasteiger partial charge in [-0.25, -0.2) is 0 Å². The third-order valence-corrected chi connectivity index (χ3v) is 4.99. The predicted molar refractivity (Wildman–Crippen MR) is 40.5 cm³/mol. The second-order valence-corrected chi connectivity index (χ2v) is 5.24. The van der Waals surface area contributed by atoms with Crippen molar-refractivity contribution in [1.82, 2.24) is 0 Å². The maximum absolute atomic E-state index is 5.69. The van der Waals surface area contributed by atoms with Crippen molar-refractivity contribution >= 4 is 0 Å². The molecule has 5 rings (SSSR count).